The van der Waals surface area contributed by atoms with Gasteiger partial charge in [0.15, 0.2) is 0 Å². The van der Waals surface area contributed by atoms with Crippen molar-refractivity contribution < 1.29 is 19.1 Å². The number of nitrogen functional groups attached to an aromatic ring is 1. The molecule has 1 aromatic carbocycles. The number of benzene rings is 1. The largest absolute Gasteiger partial charge is 0.464 e. The van der Waals surface area contributed by atoms with Crippen LogP contribution in [0.1, 0.15) is 40.9 Å². The second-order valence-electron chi connectivity index (χ2n) is 6.34. The molecule has 28 heavy (non-hydrogen) atoms. The van der Waals surface area contributed by atoms with Crippen LogP contribution in [-0.2, 0) is 20.9 Å². The molecular weight excluding hydrogens is 362 g/mol. The molecule has 9 heteroatoms. The Labute approximate surface area is 161 Å². The van der Waals surface area contributed by atoms with Crippen LogP contribution in [0, 0.1) is 0 Å². The van der Waals surface area contributed by atoms with Crippen LogP contribution in [-0.4, -0.2) is 39.1 Å². The van der Waals surface area contributed by atoms with Crippen LogP contribution in [0.2, 0.25) is 0 Å². The minimum absolute atomic E-state index is 0.0159. The van der Waals surface area contributed by atoms with Crippen molar-refractivity contribution in [1.82, 2.24) is 14.7 Å². The molecule has 146 valence electrons. The van der Waals surface area contributed by atoms with Gasteiger partial charge in [0.05, 0.1) is 25.2 Å². The van der Waals surface area contributed by atoms with E-state index in [9.17, 15) is 14.4 Å². The lowest BCUT2D eigenvalue weighted by atomic mass is 9.94. The van der Waals surface area contributed by atoms with Crippen molar-refractivity contribution in [3.63, 3.8) is 0 Å². The minimum Gasteiger partial charge on any atom is -0.464 e. The molecule has 2 aromatic rings. The Morgan fingerprint density at radius 1 is 1.25 bits per heavy atom. The number of aromatic nitrogens is 2. The van der Waals surface area contributed by atoms with E-state index in [-0.39, 0.29) is 36.9 Å². The summed E-state index contributed by atoms with van der Waals surface area (Å²) in [5.74, 6) is -1.17. The first-order valence-electron chi connectivity index (χ1n) is 8.71. The van der Waals surface area contributed by atoms with Gasteiger partial charge in [0.25, 0.3) is 5.91 Å². The second-order valence-corrected chi connectivity index (χ2v) is 6.34. The third-order valence-electron chi connectivity index (χ3n) is 4.54. The van der Waals surface area contributed by atoms with Gasteiger partial charge in [-0.05, 0) is 17.2 Å². The number of primary amides is 1. The minimum atomic E-state index is -0.672. The monoisotopic (exact) mass is 383 g/mol. The van der Waals surface area contributed by atoms with E-state index in [4.69, 9.17) is 16.2 Å². The van der Waals surface area contributed by atoms with Gasteiger partial charge in [0, 0.05) is 13.1 Å². The van der Waals surface area contributed by atoms with Crippen molar-refractivity contribution in [3.8, 4) is 0 Å². The van der Waals surface area contributed by atoms with Gasteiger partial charge in [-0.3, -0.25) is 14.4 Å². The standard InChI is InChI=1S/C19H21N5O4/c1-12(25)23-7-6-13-4-2-3-5-14(13)16(23)10-17(26)28-9-8-24-18(20)15(11-22-24)19(21)27/h2-7,11,16H,8-10,20H2,1H3,(H2,21,27). The maximum Gasteiger partial charge on any atom is 0.308 e. The molecule has 4 N–H and O–H groups in total. The molecule has 1 aliphatic rings. The van der Waals surface area contributed by atoms with Crippen molar-refractivity contribution in [2.75, 3.05) is 12.3 Å². The van der Waals surface area contributed by atoms with Crippen LogP contribution in [0.15, 0.2) is 36.7 Å². The third kappa shape index (κ3) is 3.88. The number of hydrogen-bond acceptors (Lipinski definition) is 6. The number of fused-ring (bicyclic) bond motifs is 1. The number of nitrogens with two attached hydrogens (primary N) is 2. The summed E-state index contributed by atoms with van der Waals surface area (Å²) in [6, 6.07) is 7.16. The van der Waals surface area contributed by atoms with Crippen LogP contribution < -0.4 is 11.5 Å². The van der Waals surface area contributed by atoms with E-state index >= 15 is 0 Å². The zero-order chi connectivity index (χ0) is 20.3. The predicted molar refractivity (Wildman–Crippen MR) is 101 cm³/mol. The van der Waals surface area contributed by atoms with Gasteiger partial charge in [-0.15, -0.1) is 0 Å². The topological polar surface area (TPSA) is 134 Å². The van der Waals surface area contributed by atoms with E-state index in [2.05, 4.69) is 5.10 Å². The second kappa shape index (κ2) is 7.95. The molecule has 1 atom stereocenters. The molecule has 0 saturated heterocycles. The van der Waals surface area contributed by atoms with Crippen molar-refractivity contribution in [2.24, 2.45) is 5.73 Å². The summed E-state index contributed by atoms with van der Waals surface area (Å²) >= 11 is 0. The molecule has 3 rings (SSSR count). The Hall–Kier alpha value is -3.62. The maximum absolute atomic E-state index is 12.4. The zero-order valence-corrected chi connectivity index (χ0v) is 15.4. The first-order valence-corrected chi connectivity index (χ1v) is 8.71. The molecule has 1 aliphatic heterocycles. The van der Waals surface area contributed by atoms with Gasteiger partial charge < -0.3 is 21.1 Å². The number of esters is 1. The molecular formula is C19H21N5O4. The average Bonchev–Trinajstić information content (AvgIpc) is 3.02. The zero-order valence-electron chi connectivity index (χ0n) is 15.4. The molecule has 9 nitrogen and oxygen atoms in total. The normalized spacial score (nSPS) is 15.2. The Kier molecular flexibility index (Phi) is 5.44. The van der Waals surface area contributed by atoms with Gasteiger partial charge in [-0.25, -0.2) is 4.68 Å². The molecule has 1 aromatic heterocycles. The van der Waals surface area contributed by atoms with E-state index in [1.54, 1.807) is 6.20 Å². The third-order valence-corrected chi connectivity index (χ3v) is 4.54. The molecule has 2 amide bonds. The number of nitrogens with zero attached hydrogens (tertiary/aromatic N) is 3. The Balaban J connectivity index is 1.63. The van der Waals surface area contributed by atoms with E-state index < -0.39 is 17.9 Å². The summed E-state index contributed by atoms with van der Waals surface area (Å²) in [7, 11) is 0. The van der Waals surface area contributed by atoms with E-state index in [1.807, 2.05) is 30.3 Å². The Bertz CT molecular complexity index is 950. The number of ether oxygens (including phenoxy) is 1. The lowest BCUT2D eigenvalue weighted by molar-refractivity contribution is -0.146. The van der Waals surface area contributed by atoms with Crippen molar-refractivity contribution in [3.05, 3.63) is 53.4 Å². The first-order chi connectivity index (χ1) is 13.4. The number of carbonyl (C=O) groups excluding carboxylic acids is 3. The Morgan fingerprint density at radius 3 is 2.68 bits per heavy atom. The molecule has 0 spiro atoms. The van der Waals surface area contributed by atoms with E-state index in [1.165, 1.54) is 22.7 Å². The van der Waals surface area contributed by atoms with Crippen LogP contribution in [0.3, 0.4) is 0 Å². The summed E-state index contributed by atoms with van der Waals surface area (Å²) < 4.78 is 6.62. The van der Waals surface area contributed by atoms with Gasteiger partial charge in [0.2, 0.25) is 5.91 Å². The number of rotatable bonds is 6. The smallest absolute Gasteiger partial charge is 0.308 e. The summed E-state index contributed by atoms with van der Waals surface area (Å²) in [4.78, 5) is 37.0. The molecule has 0 aliphatic carbocycles. The quantitative estimate of drug-likeness (QED) is 0.717. The van der Waals surface area contributed by atoms with Crippen LogP contribution >= 0.6 is 0 Å². The van der Waals surface area contributed by atoms with Crippen LogP contribution in [0.5, 0.6) is 0 Å². The summed E-state index contributed by atoms with van der Waals surface area (Å²) in [6.45, 7) is 1.66. The summed E-state index contributed by atoms with van der Waals surface area (Å²) in [6.07, 6.45) is 4.81. The molecule has 0 radical (unpaired) electrons. The summed E-state index contributed by atoms with van der Waals surface area (Å²) in [5, 5.41) is 3.95. The van der Waals surface area contributed by atoms with Gasteiger partial charge >= 0.3 is 5.97 Å². The van der Waals surface area contributed by atoms with Crippen molar-refractivity contribution in [1.29, 1.82) is 0 Å². The highest BCUT2D eigenvalue weighted by molar-refractivity contribution is 5.96. The van der Waals surface area contributed by atoms with Crippen molar-refractivity contribution in [2.45, 2.75) is 25.9 Å². The van der Waals surface area contributed by atoms with Gasteiger partial charge in [0.1, 0.15) is 18.0 Å². The van der Waals surface area contributed by atoms with Gasteiger partial charge in [-0.2, -0.15) is 5.10 Å². The highest BCUT2D eigenvalue weighted by Crippen LogP contribution is 2.33. The van der Waals surface area contributed by atoms with E-state index in [0.717, 1.165) is 11.1 Å². The number of carbonyl (C=O) groups is 3. The SMILES string of the molecule is CC(=O)N1C=Cc2ccccc2C1CC(=O)OCCn1ncc(C(N)=O)c1N. The fraction of sp³-hybridized carbons (Fsp3) is 0.263. The molecule has 0 bridgehead atoms. The Morgan fingerprint density at radius 2 is 2.00 bits per heavy atom. The molecule has 2 heterocycles. The fourth-order valence-corrected chi connectivity index (χ4v) is 3.14. The highest BCUT2D eigenvalue weighted by Gasteiger charge is 2.28. The number of hydrogen-bond donors (Lipinski definition) is 2. The average molecular weight is 383 g/mol. The number of anilines is 1. The lowest BCUT2D eigenvalue weighted by Crippen LogP contribution is -2.32. The lowest BCUT2D eigenvalue weighted by Gasteiger charge is -2.32. The highest BCUT2D eigenvalue weighted by atomic mass is 16.5. The molecule has 0 fully saturated rings. The fourth-order valence-electron chi connectivity index (χ4n) is 3.14. The predicted octanol–water partition coefficient (Wildman–Crippen LogP) is 1.07. The van der Waals surface area contributed by atoms with Crippen molar-refractivity contribution >= 4 is 29.7 Å². The maximum atomic E-state index is 12.4. The van der Waals surface area contributed by atoms with E-state index in [0.29, 0.717) is 0 Å². The number of amides is 2. The molecule has 0 saturated carbocycles. The van der Waals surface area contributed by atoms with Crippen LogP contribution in [0.25, 0.3) is 6.08 Å². The van der Waals surface area contributed by atoms with Crippen LogP contribution in [0.4, 0.5) is 5.82 Å². The summed E-state index contributed by atoms with van der Waals surface area (Å²) in [5.41, 5.74) is 12.9. The molecule has 1 unspecified atom stereocenters. The van der Waals surface area contributed by atoms with Gasteiger partial charge in [-0.1, -0.05) is 24.3 Å². The first kappa shape index (κ1) is 19.2.